The first-order valence-corrected chi connectivity index (χ1v) is 19.5. The van der Waals surface area contributed by atoms with Gasteiger partial charge in [0.25, 0.3) is 0 Å². The fourth-order valence-corrected chi connectivity index (χ4v) is 6.35. The van der Waals surface area contributed by atoms with Gasteiger partial charge in [-0.05, 0) is 12.8 Å². The number of rotatable bonds is 36. The number of hydrogen-bond donors (Lipinski definition) is 1. The molecule has 0 aliphatic carbocycles. The number of aliphatic hydroxyl groups excluding tert-OH is 1. The van der Waals surface area contributed by atoms with Crippen molar-refractivity contribution in [3.8, 4) is 0 Å². The first-order chi connectivity index (χ1) is 19.8. The first-order valence-electron chi connectivity index (χ1n) is 19.5. The van der Waals surface area contributed by atoms with E-state index in [0.29, 0.717) is 0 Å². The Kier molecular flexibility index (Phi) is 36.9. The molecule has 0 radical (unpaired) electrons. The second-order valence-electron chi connectivity index (χ2n) is 13.5. The average molecular weight is 565 g/mol. The highest BCUT2D eigenvalue weighted by molar-refractivity contribution is 4.58. The molecule has 1 nitrogen and oxygen atoms in total. The predicted octanol–water partition coefficient (Wildman–Crippen LogP) is 14.4. The second-order valence-corrected chi connectivity index (χ2v) is 13.5. The van der Waals surface area contributed by atoms with Crippen LogP contribution in [0.5, 0.6) is 0 Å². The molecule has 242 valence electrons. The highest BCUT2D eigenvalue weighted by Gasteiger charge is 2.04. The SMILES string of the molecule is CCCCCCCCCCCCCCCCCCCCC(O)CCCCCCCCCCCCCCCCCC. The van der Waals surface area contributed by atoms with Gasteiger partial charge in [0.05, 0.1) is 6.10 Å². The van der Waals surface area contributed by atoms with Crippen molar-refractivity contribution in [1.82, 2.24) is 0 Å². The Bertz CT molecular complexity index is 419. The molecular weight excluding hydrogens is 484 g/mol. The summed E-state index contributed by atoms with van der Waals surface area (Å²) < 4.78 is 0. The molecule has 0 fully saturated rings. The topological polar surface area (TPSA) is 20.2 Å². The fraction of sp³-hybridized carbons (Fsp3) is 1.00. The molecule has 0 saturated carbocycles. The zero-order chi connectivity index (χ0) is 29.0. The Labute approximate surface area is 255 Å². The van der Waals surface area contributed by atoms with Gasteiger partial charge >= 0.3 is 0 Å². The molecule has 0 aromatic heterocycles. The lowest BCUT2D eigenvalue weighted by Gasteiger charge is -2.10. The molecule has 0 aromatic carbocycles. The van der Waals surface area contributed by atoms with Gasteiger partial charge in [0, 0.05) is 0 Å². The summed E-state index contributed by atoms with van der Waals surface area (Å²) in [4.78, 5) is 0. The van der Waals surface area contributed by atoms with Gasteiger partial charge in [-0.2, -0.15) is 0 Å². The van der Waals surface area contributed by atoms with Crippen LogP contribution in [0.1, 0.15) is 245 Å². The van der Waals surface area contributed by atoms with Gasteiger partial charge in [-0.25, -0.2) is 0 Å². The van der Waals surface area contributed by atoms with E-state index in [1.807, 2.05) is 0 Å². The van der Waals surface area contributed by atoms with Crippen molar-refractivity contribution in [3.05, 3.63) is 0 Å². The minimum absolute atomic E-state index is 0.0345. The minimum Gasteiger partial charge on any atom is -0.393 e. The maximum Gasteiger partial charge on any atom is 0.0540 e. The molecule has 0 rings (SSSR count). The van der Waals surface area contributed by atoms with E-state index >= 15 is 0 Å². The zero-order valence-electron chi connectivity index (χ0n) is 28.5. The summed E-state index contributed by atoms with van der Waals surface area (Å²) in [6, 6.07) is 0. The van der Waals surface area contributed by atoms with Crippen LogP contribution < -0.4 is 0 Å². The summed E-state index contributed by atoms with van der Waals surface area (Å²) in [7, 11) is 0. The highest BCUT2D eigenvalue weighted by atomic mass is 16.3. The lowest BCUT2D eigenvalue weighted by atomic mass is 10.0. The van der Waals surface area contributed by atoms with E-state index in [9.17, 15) is 5.11 Å². The Morgan fingerprint density at radius 2 is 0.400 bits per heavy atom. The van der Waals surface area contributed by atoms with Crippen LogP contribution in [-0.2, 0) is 0 Å². The number of unbranched alkanes of at least 4 members (excludes halogenated alkanes) is 32. The lowest BCUT2D eigenvalue weighted by Crippen LogP contribution is -2.05. The van der Waals surface area contributed by atoms with E-state index in [1.165, 1.54) is 218 Å². The van der Waals surface area contributed by atoms with Gasteiger partial charge in [0.2, 0.25) is 0 Å². The van der Waals surface area contributed by atoms with E-state index in [1.54, 1.807) is 0 Å². The summed E-state index contributed by atoms with van der Waals surface area (Å²) in [5.74, 6) is 0. The quantitative estimate of drug-likeness (QED) is 0.0750. The summed E-state index contributed by atoms with van der Waals surface area (Å²) in [5, 5.41) is 10.3. The molecular formula is C39H80O. The Hall–Kier alpha value is -0.0400. The van der Waals surface area contributed by atoms with Crippen molar-refractivity contribution in [3.63, 3.8) is 0 Å². The van der Waals surface area contributed by atoms with Crippen LogP contribution >= 0.6 is 0 Å². The van der Waals surface area contributed by atoms with Gasteiger partial charge < -0.3 is 5.11 Å². The van der Waals surface area contributed by atoms with Gasteiger partial charge in [-0.1, -0.05) is 232 Å². The van der Waals surface area contributed by atoms with Crippen LogP contribution in [0.25, 0.3) is 0 Å². The molecule has 0 aliphatic heterocycles. The molecule has 1 atom stereocenters. The number of hydrogen-bond acceptors (Lipinski definition) is 1. The normalized spacial score (nSPS) is 12.4. The van der Waals surface area contributed by atoms with Crippen LogP contribution in [0.2, 0.25) is 0 Å². The van der Waals surface area contributed by atoms with Crippen LogP contribution in [0.3, 0.4) is 0 Å². The van der Waals surface area contributed by atoms with E-state index in [0.717, 1.165) is 12.8 Å². The maximum atomic E-state index is 10.3. The summed E-state index contributed by atoms with van der Waals surface area (Å²) >= 11 is 0. The number of aliphatic hydroxyl groups is 1. The van der Waals surface area contributed by atoms with E-state index < -0.39 is 0 Å². The average Bonchev–Trinajstić information content (AvgIpc) is 2.96. The van der Waals surface area contributed by atoms with Crippen molar-refractivity contribution >= 4 is 0 Å². The maximum absolute atomic E-state index is 10.3. The fourth-order valence-electron chi connectivity index (χ4n) is 6.35. The predicted molar refractivity (Wildman–Crippen MR) is 184 cm³/mol. The van der Waals surface area contributed by atoms with E-state index in [4.69, 9.17) is 0 Å². The Morgan fingerprint density at radius 3 is 0.575 bits per heavy atom. The molecule has 0 bridgehead atoms. The molecule has 40 heavy (non-hydrogen) atoms. The van der Waals surface area contributed by atoms with E-state index in [2.05, 4.69) is 13.8 Å². The third-order valence-electron chi connectivity index (χ3n) is 9.28. The van der Waals surface area contributed by atoms with Crippen molar-refractivity contribution in [2.75, 3.05) is 0 Å². The molecule has 1 unspecified atom stereocenters. The van der Waals surface area contributed by atoms with Crippen molar-refractivity contribution in [2.45, 2.75) is 251 Å². The second kappa shape index (κ2) is 37.0. The van der Waals surface area contributed by atoms with Crippen LogP contribution in [0.15, 0.2) is 0 Å². The molecule has 0 heterocycles. The Morgan fingerprint density at radius 1 is 0.250 bits per heavy atom. The summed E-state index contributed by atoms with van der Waals surface area (Å²) in [6.07, 6.45) is 50.4. The van der Waals surface area contributed by atoms with Crippen molar-refractivity contribution in [1.29, 1.82) is 0 Å². The smallest absolute Gasteiger partial charge is 0.0540 e. The van der Waals surface area contributed by atoms with Gasteiger partial charge in [-0.3, -0.25) is 0 Å². The minimum atomic E-state index is -0.0345. The first kappa shape index (κ1) is 40.0. The Balaban J connectivity index is 3.13. The summed E-state index contributed by atoms with van der Waals surface area (Å²) in [5.41, 5.74) is 0. The zero-order valence-corrected chi connectivity index (χ0v) is 28.5. The van der Waals surface area contributed by atoms with Crippen LogP contribution in [-0.4, -0.2) is 11.2 Å². The molecule has 0 aliphatic rings. The van der Waals surface area contributed by atoms with Crippen molar-refractivity contribution in [2.24, 2.45) is 0 Å². The van der Waals surface area contributed by atoms with Crippen LogP contribution in [0.4, 0.5) is 0 Å². The molecule has 1 heteroatoms. The molecule has 0 saturated heterocycles. The van der Waals surface area contributed by atoms with Crippen molar-refractivity contribution < 1.29 is 5.11 Å². The standard InChI is InChI=1S/C39H80O/c1-3-5-7-9-11-13-15-17-19-21-22-24-26-28-30-32-34-36-38-39(40)37-35-33-31-29-27-25-23-20-18-16-14-12-10-8-6-4-2/h39-40H,3-38H2,1-2H3. The molecule has 0 amide bonds. The lowest BCUT2D eigenvalue weighted by molar-refractivity contribution is 0.147. The summed E-state index contributed by atoms with van der Waals surface area (Å²) in [6.45, 7) is 4.60. The molecule has 0 spiro atoms. The highest BCUT2D eigenvalue weighted by Crippen LogP contribution is 2.17. The third kappa shape index (κ3) is 36.0. The van der Waals surface area contributed by atoms with Gasteiger partial charge in [0.15, 0.2) is 0 Å². The van der Waals surface area contributed by atoms with Gasteiger partial charge in [0.1, 0.15) is 0 Å². The van der Waals surface area contributed by atoms with Crippen LogP contribution in [0, 0.1) is 0 Å². The largest absolute Gasteiger partial charge is 0.393 e. The van der Waals surface area contributed by atoms with E-state index in [-0.39, 0.29) is 6.10 Å². The third-order valence-corrected chi connectivity index (χ3v) is 9.28. The van der Waals surface area contributed by atoms with Gasteiger partial charge in [-0.15, -0.1) is 0 Å². The molecule has 0 aromatic rings. The monoisotopic (exact) mass is 565 g/mol. The molecule has 1 N–H and O–H groups in total.